The smallest absolute Gasteiger partial charge is 0.313 e. The zero-order chi connectivity index (χ0) is 14.7. The molecule has 108 valence electrons. The summed E-state index contributed by atoms with van der Waals surface area (Å²) in [5, 5.41) is 9.38. The Balaban J connectivity index is 2.40. The van der Waals surface area contributed by atoms with E-state index in [0.29, 0.717) is 23.1 Å². The van der Waals surface area contributed by atoms with Gasteiger partial charge in [0, 0.05) is 35.0 Å². The van der Waals surface area contributed by atoms with Crippen molar-refractivity contribution >= 4 is 39.7 Å². The first-order valence-electron chi connectivity index (χ1n) is 5.96. The summed E-state index contributed by atoms with van der Waals surface area (Å²) in [6.07, 6.45) is 1.64. The van der Waals surface area contributed by atoms with Crippen molar-refractivity contribution < 1.29 is 14.1 Å². The Morgan fingerprint density at radius 1 is 1.45 bits per heavy atom. The van der Waals surface area contributed by atoms with Gasteiger partial charge in [-0.15, -0.1) is 0 Å². The van der Waals surface area contributed by atoms with Crippen molar-refractivity contribution in [1.82, 2.24) is 14.5 Å². The third-order valence-corrected chi connectivity index (χ3v) is 4.34. The molecule has 0 fully saturated rings. The summed E-state index contributed by atoms with van der Waals surface area (Å²) in [6, 6.07) is 3.73. The van der Waals surface area contributed by atoms with Crippen LogP contribution in [0.1, 0.15) is 5.69 Å². The number of thioether (sulfide) groups is 1. The van der Waals surface area contributed by atoms with Gasteiger partial charge in [0.2, 0.25) is 0 Å². The molecule has 0 aliphatic carbocycles. The zero-order valence-electron chi connectivity index (χ0n) is 11.2. The van der Waals surface area contributed by atoms with E-state index in [9.17, 15) is 9.00 Å². The zero-order valence-corrected chi connectivity index (χ0v) is 12.8. The van der Waals surface area contributed by atoms with Crippen molar-refractivity contribution in [2.45, 2.75) is 18.6 Å². The molecule has 0 saturated heterocycles. The monoisotopic (exact) mass is 313 g/mol. The lowest BCUT2D eigenvalue weighted by Crippen LogP contribution is -2.09. The number of hydrogen-bond donors (Lipinski definition) is 1. The van der Waals surface area contributed by atoms with Crippen LogP contribution >= 0.6 is 11.8 Å². The van der Waals surface area contributed by atoms with Crippen LogP contribution in [0.3, 0.4) is 0 Å². The van der Waals surface area contributed by atoms with Gasteiger partial charge >= 0.3 is 5.97 Å². The molecule has 8 heteroatoms. The molecule has 0 aliphatic rings. The summed E-state index contributed by atoms with van der Waals surface area (Å²) < 4.78 is 13.1. The van der Waals surface area contributed by atoms with E-state index < -0.39 is 16.8 Å². The van der Waals surface area contributed by atoms with E-state index in [-0.39, 0.29) is 5.75 Å². The lowest BCUT2D eigenvalue weighted by Gasteiger charge is -2.06. The molecule has 1 N–H and O–H groups in total. The van der Waals surface area contributed by atoms with Gasteiger partial charge in [0.1, 0.15) is 5.52 Å². The quantitative estimate of drug-likeness (QED) is 0.809. The van der Waals surface area contributed by atoms with Gasteiger partial charge in [0.05, 0.1) is 5.75 Å². The van der Waals surface area contributed by atoms with Gasteiger partial charge in [-0.25, -0.2) is 9.97 Å². The maximum absolute atomic E-state index is 11.3. The Labute approximate surface area is 123 Å². The number of rotatable bonds is 6. The summed E-state index contributed by atoms with van der Waals surface area (Å²) >= 11 is 1.15. The van der Waals surface area contributed by atoms with Crippen molar-refractivity contribution in [3.05, 3.63) is 17.8 Å². The van der Waals surface area contributed by atoms with Crippen molar-refractivity contribution in [3.8, 4) is 0 Å². The molecule has 2 heterocycles. The van der Waals surface area contributed by atoms with Crippen LogP contribution in [0.25, 0.3) is 11.2 Å². The van der Waals surface area contributed by atoms with E-state index in [1.165, 1.54) is 0 Å². The number of hydrogen-bond acceptors (Lipinski definition) is 5. The second-order valence-corrected chi connectivity index (χ2v) is 6.80. The van der Waals surface area contributed by atoms with Crippen molar-refractivity contribution in [1.29, 1.82) is 0 Å². The second kappa shape index (κ2) is 6.36. The molecule has 20 heavy (non-hydrogen) atoms. The van der Waals surface area contributed by atoms with Crippen molar-refractivity contribution in [2.24, 2.45) is 0 Å². The van der Waals surface area contributed by atoms with Gasteiger partial charge in [-0.05, 0) is 19.1 Å². The van der Waals surface area contributed by atoms with Crippen LogP contribution in [-0.4, -0.2) is 47.6 Å². The summed E-state index contributed by atoms with van der Waals surface area (Å²) in [5.41, 5.74) is 2.31. The predicted octanol–water partition coefficient (Wildman–Crippen LogP) is 1.29. The van der Waals surface area contributed by atoms with Gasteiger partial charge in [0.25, 0.3) is 0 Å². The number of carboxylic acid groups (broad SMARTS) is 1. The van der Waals surface area contributed by atoms with Crippen LogP contribution in [0.15, 0.2) is 17.3 Å². The first-order chi connectivity index (χ1) is 9.47. The summed E-state index contributed by atoms with van der Waals surface area (Å²) in [5.74, 6) is -0.462. The second-order valence-electron chi connectivity index (χ2n) is 4.30. The molecule has 6 nitrogen and oxygen atoms in total. The van der Waals surface area contributed by atoms with Crippen LogP contribution < -0.4 is 0 Å². The SMILES string of the molecule is Cc1ccc2nc(SCC(=O)O)n(CCS(C)=O)c2n1. The van der Waals surface area contributed by atoms with Gasteiger partial charge in [0.15, 0.2) is 10.8 Å². The molecule has 0 aliphatic heterocycles. The highest BCUT2D eigenvalue weighted by Gasteiger charge is 2.14. The molecule has 0 amide bonds. The first kappa shape index (κ1) is 15.0. The lowest BCUT2D eigenvalue weighted by molar-refractivity contribution is -0.133. The third kappa shape index (κ3) is 3.57. The minimum atomic E-state index is -0.921. The number of carbonyl (C=O) groups is 1. The average molecular weight is 313 g/mol. The number of nitrogens with zero attached hydrogens (tertiary/aromatic N) is 3. The molecule has 1 unspecified atom stereocenters. The van der Waals surface area contributed by atoms with Gasteiger partial charge in [-0.2, -0.15) is 0 Å². The highest BCUT2D eigenvalue weighted by atomic mass is 32.2. The fourth-order valence-electron chi connectivity index (χ4n) is 1.73. The summed E-state index contributed by atoms with van der Waals surface area (Å²) in [6.45, 7) is 2.40. The molecule has 1 atom stereocenters. The highest BCUT2D eigenvalue weighted by Crippen LogP contribution is 2.23. The molecule has 2 aromatic heterocycles. The molecule has 0 aromatic carbocycles. The Kier molecular flexibility index (Phi) is 4.77. The van der Waals surface area contributed by atoms with Crippen molar-refractivity contribution in [3.63, 3.8) is 0 Å². The van der Waals surface area contributed by atoms with E-state index in [0.717, 1.165) is 23.0 Å². The predicted molar refractivity (Wildman–Crippen MR) is 79.6 cm³/mol. The fraction of sp³-hybridized carbons (Fsp3) is 0.417. The number of carboxylic acids is 1. The van der Waals surface area contributed by atoms with Crippen LogP contribution in [0, 0.1) is 6.92 Å². The van der Waals surface area contributed by atoms with E-state index >= 15 is 0 Å². The summed E-state index contributed by atoms with van der Waals surface area (Å²) in [7, 11) is -0.921. The Hall–Kier alpha value is -1.41. The van der Waals surface area contributed by atoms with E-state index in [1.54, 1.807) is 6.26 Å². The molecule has 0 radical (unpaired) electrons. The lowest BCUT2D eigenvalue weighted by atomic mass is 10.3. The largest absolute Gasteiger partial charge is 0.481 e. The Bertz CT molecular complexity index is 669. The molecule has 0 spiro atoms. The van der Waals surface area contributed by atoms with Crippen molar-refractivity contribution in [2.75, 3.05) is 17.8 Å². The maximum atomic E-state index is 11.3. The molecule has 2 aromatic rings. The number of imidazole rings is 1. The molecular weight excluding hydrogens is 298 g/mol. The Morgan fingerprint density at radius 3 is 2.85 bits per heavy atom. The number of aromatic nitrogens is 3. The number of aliphatic carboxylic acids is 1. The fourth-order valence-corrected chi connectivity index (χ4v) is 2.92. The first-order valence-corrected chi connectivity index (χ1v) is 8.67. The van der Waals surface area contributed by atoms with Gasteiger partial charge in [-0.3, -0.25) is 9.00 Å². The van der Waals surface area contributed by atoms with Gasteiger partial charge < -0.3 is 9.67 Å². The van der Waals surface area contributed by atoms with Crippen LogP contribution in [0.4, 0.5) is 0 Å². The van der Waals surface area contributed by atoms with E-state index in [2.05, 4.69) is 9.97 Å². The number of pyridine rings is 1. The third-order valence-electron chi connectivity index (χ3n) is 2.62. The molecule has 0 saturated carbocycles. The molecule has 0 bridgehead atoms. The number of aryl methyl sites for hydroxylation is 2. The molecule has 2 rings (SSSR count). The maximum Gasteiger partial charge on any atom is 0.313 e. The minimum absolute atomic E-state index is 0.0580. The standard InChI is InChI=1S/C12H15N3O3S2/c1-8-3-4-9-11(13-8)15(5-6-20(2)18)12(14-9)19-7-10(16)17/h3-4H,5-7H2,1-2H3,(H,16,17). The minimum Gasteiger partial charge on any atom is -0.481 e. The highest BCUT2D eigenvalue weighted by molar-refractivity contribution is 7.99. The summed E-state index contributed by atoms with van der Waals surface area (Å²) in [4.78, 5) is 19.5. The molecular formula is C12H15N3O3S2. The van der Waals surface area contributed by atoms with Crippen LogP contribution in [0.2, 0.25) is 0 Å². The normalized spacial score (nSPS) is 12.7. The average Bonchev–Trinajstić information content (AvgIpc) is 2.71. The van der Waals surface area contributed by atoms with E-state index in [1.807, 2.05) is 23.6 Å². The topological polar surface area (TPSA) is 85.1 Å². The number of fused-ring (bicyclic) bond motifs is 1. The van der Waals surface area contributed by atoms with Gasteiger partial charge in [-0.1, -0.05) is 11.8 Å². The Morgan fingerprint density at radius 2 is 2.20 bits per heavy atom. The van der Waals surface area contributed by atoms with Crippen LogP contribution in [-0.2, 0) is 22.1 Å². The van der Waals surface area contributed by atoms with E-state index in [4.69, 9.17) is 5.11 Å². The van der Waals surface area contributed by atoms with Crippen LogP contribution in [0.5, 0.6) is 0 Å².